The van der Waals surface area contributed by atoms with E-state index in [1.807, 2.05) is 0 Å². The lowest BCUT2D eigenvalue weighted by Crippen LogP contribution is -2.22. The molecule has 0 saturated carbocycles. The monoisotopic (exact) mass is 403 g/mol. The lowest BCUT2D eigenvalue weighted by molar-refractivity contribution is -0.114. The summed E-state index contributed by atoms with van der Waals surface area (Å²) in [7, 11) is 0. The number of halogens is 2. The molecule has 0 spiro atoms. The first-order valence-electron chi connectivity index (χ1n) is 7.95. The summed E-state index contributed by atoms with van der Waals surface area (Å²) in [6.07, 6.45) is 1.42. The van der Waals surface area contributed by atoms with Gasteiger partial charge in [-0.05, 0) is 48.5 Å². The molecule has 0 fully saturated rings. The highest BCUT2D eigenvalue weighted by atomic mass is 35.5. The minimum Gasteiger partial charge on any atom is -0.459 e. The van der Waals surface area contributed by atoms with Crippen molar-refractivity contribution < 1.29 is 14.0 Å². The molecule has 0 saturated heterocycles. The Bertz CT molecular complexity index is 959. The summed E-state index contributed by atoms with van der Waals surface area (Å²) in [5.74, 6) is -0.438. The summed E-state index contributed by atoms with van der Waals surface area (Å²) in [4.78, 5) is 24.1. The van der Waals surface area contributed by atoms with Crippen LogP contribution in [0.4, 0.5) is 17.1 Å². The van der Waals surface area contributed by atoms with Gasteiger partial charge < -0.3 is 20.4 Å². The molecule has 2 aromatic carbocycles. The molecule has 6 nitrogen and oxygen atoms in total. The summed E-state index contributed by atoms with van der Waals surface area (Å²) in [5, 5.41) is 9.33. The number of nitrogens with one attached hydrogen (secondary N) is 3. The van der Waals surface area contributed by atoms with E-state index in [0.717, 1.165) is 0 Å². The van der Waals surface area contributed by atoms with Crippen LogP contribution < -0.4 is 16.0 Å². The highest BCUT2D eigenvalue weighted by Crippen LogP contribution is 2.25. The zero-order valence-electron chi connectivity index (χ0n) is 14.0. The van der Waals surface area contributed by atoms with E-state index in [1.54, 1.807) is 54.6 Å². The zero-order chi connectivity index (χ0) is 19.2. The van der Waals surface area contributed by atoms with Gasteiger partial charge in [-0.15, -0.1) is 0 Å². The van der Waals surface area contributed by atoms with Gasteiger partial charge >= 0.3 is 0 Å². The smallest absolute Gasteiger partial charge is 0.291 e. The van der Waals surface area contributed by atoms with Crippen molar-refractivity contribution in [2.75, 3.05) is 22.5 Å². The first-order valence-corrected chi connectivity index (χ1v) is 8.70. The van der Waals surface area contributed by atoms with Crippen LogP contribution >= 0.6 is 23.2 Å². The lowest BCUT2D eigenvalue weighted by atomic mass is 10.2. The molecule has 0 aliphatic rings. The van der Waals surface area contributed by atoms with Gasteiger partial charge in [-0.3, -0.25) is 9.59 Å². The third-order valence-electron chi connectivity index (χ3n) is 3.52. The Labute approximate surface area is 165 Å². The van der Waals surface area contributed by atoms with Crippen LogP contribution in [0.1, 0.15) is 10.6 Å². The maximum absolute atomic E-state index is 12.1. The Kier molecular flexibility index (Phi) is 6.01. The highest BCUT2D eigenvalue weighted by Gasteiger charge is 2.10. The predicted octanol–water partition coefficient (Wildman–Crippen LogP) is 4.89. The molecule has 0 bridgehead atoms. The van der Waals surface area contributed by atoms with E-state index < -0.39 is 0 Å². The van der Waals surface area contributed by atoms with Gasteiger partial charge in [-0.1, -0.05) is 29.3 Å². The first-order chi connectivity index (χ1) is 13.0. The minimum atomic E-state index is -0.373. The number of furan rings is 1. The third-order valence-corrected chi connectivity index (χ3v) is 4.07. The molecule has 0 radical (unpaired) electrons. The molecule has 2 amide bonds. The second-order valence-corrected chi connectivity index (χ2v) is 6.38. The van der Waals surface area contributed by atoms with Gasteiger partial charge in [0.15, 0.2) is 5.76 Å². The molecule has 8 heteroatoms. The van der Waals surface area contributed by atoms with Gasteiger partial charge in [0, 0.05) is 16.4 Å². The van der Waals surface area contributed by atoms with Crippen LogP contribution in [0.5, 0.6) is 0 Å². The minimum absolute atomic E-state index is 0.0182. The van der Waals surface area contributed by atoms with Gasteiger partial charge in [-0.2, -0.15) is 0 Å². The Hall–Kier alpha value is -2.96. The molecule has 138 valence electrons. The average Bonchev–Trinajstić information content (AvgIpc) is 3.16. The van der Waals surface area contributed by atoms with Crippen LogP contribution in [0.25, 0.3) is 0 Å². The van der Waals surface area contributed by atoms with Gasteiger partial charge in [0.2, 0.25) is 5.91 Å². The number of hydrogen-bond acceptors (Lipinski definition) is 4. The molecule has 0 aliphatic carbocycles. The Balaban J connectivity index is 1.57. The van der Waals surface area contributed by atoms with Gasteiger partial charge in [-0.25, -0.2) is 0 Å². The van der Waals surface area contributed by atoms with Crippen molar-refractivity contribution in [1.82, 2.24) is 0 Å². The van der Waals surface area contributed by atoms with E-state index in [2.05, 4.69) is 16.0 Å². The second-order valence-electron chi connectivity index (χ2n) is 5.54. The summed E-state index contributed by atoms with van der Waals surface area (Å²) in [6, 6.07) is 15.0. The molecular weight excluding hydrogens is 389 g/mol. The number of carbonyl (C=O) groups excluding carboxylic acids is 2. The van der Waals surface area contributed by atoms with Crippen molar-refractivity contribution in [3.05, 3.63) is 76.7 Å². The summed E-state index contributed by atoms with van der Waals surface area (Å²) in [6.45, 7) is 0.0182. The number of hydrogen-bond donors (Lipinski definition) is 3. The van der Waals surface area contributed by atoms with Crippen LogP contribution in [0.3, 0.4) is 0 Å². The fourth-order valence-corrected chi connectivity index (χ4v) is 2.76. The Morgan fingerprint density at radius 3 is 2.41 bits per heavy atom. The fraction of sp³-hybridized carbons (Fsp3) is 0.0526. The highest BCUT2D eigenvalue weighted by molar-refractivity contribution is 6.36. The van der Waals surface area contributed by atoms with Crippen molar-refractivity contribution >= 4 is 52.1 Å². The van der Waals surface area contributed by atoms with Gasteiger partial charge in [0.1, 0.15) is 0 Å². The molecule has 3 N–H and O–H groups in total. The van der Waals surface area contributed by atoms with Crippen LogP contribution in [-0.2, 0) is 4.79 Å². The number of carbonyl (C=O) groups is 2. The van der Waals surface area contributed by atoms with Crippen molar-refractivity contribution in [3.63, 3.8) is 0 Å². The molecule has 0 atom stereocenters. The maximum Gasteiger partial charge on any atom is 0.291 e. The molecule has 0 aliphatic heterocycles. The van der Waals surface area contributed by atoms with E-state index in [0.29, 0.717) is 27.1 Å². The molecule has 3 aromatic rings. The molecular formula is C19H15Cl2N3O3. The van der Waals surface area contributed by atoms with E-state index in [4.69, 9.17) is 27.6 Å². The van der Waals surface area contributed by atoms with Crippen molar-refractivity contribution in [2.24, 2.45) is 0 Å². The summed E-state index contributed by atoms with van der Waals surface area (Å²) in [5.41, 5.74) is 1.68. The normalized spacial score (nSPS) is 10.3. The van der Waals surface area contributed by atoms with Crippen molar-refractivity contribution in [1.29, 1.82) is 0 Å². The van der Waals surface area contributed by atoms with Crippen LogP contribution in [0, 0.1) is 0 Å². The third kappa shape index (κ3) is 5.26. The zero-order valence-corrected chi connectivity index (χ0v) is 15.5. The summed E-state index contributed by atoms with van der Waals surface area (Å²) >= 11 is 11.9. The fourth-order valence-electron chi connectivity index (χ4n) is 2.29. The molecule has 1 aromatic heterocycles. The predicted molar refractivity (Wildman–Crippen MR) is 107 cm³/mol. The number of anilines is 3. The van der Waals surface area contributed by atoms with Crippen LogP contribution in [0.15, 0.2) is 65.3 Å². The number of amides is 2. The first kappa shape index (κ1) is 18.8. The number of rotatable bonds is 6. The molecule has 0 unspecified atom stereocenters. The maximum atomic E-state index is 12.1. The van der Waals surface area contributed by atoms with Gasteiger partial charge in [0.25, 0.3) is 5.91 Å². The number of benzene rings is 2. The van der Waals surface area contributed by atoms with E-state index in [1.165, 1.54) is 6.26 Å². The molecule has 3 rings (SSSR count). The molecule has 27 heavy (non-hydrogen) atoms. The quantitative estimate of drug-likeness (QED) is 0.546. The van der Waals surface area contributed by atoms with E-state index in [9.17, 15) is 9.59 Å². The largest absolute Gasteiger partial charge is 0.459 e. The lowest BCUT2D eigenvalue weighted by Gasteiger charge is -2.10. The van der Waals surface area contributed by atoms with Crippen molar-refractivity contribution in [2.45, 2.75) is 0 Å². The van der Waals surface area contributed by atoms with Crippen molar-refractivity contribution in [3.8, 4) is 0 Å². The standard InChI is InChI=1S/C19H15Cl2N3O3/c20-12-6-7-16(15(21)9-12)22-11-18(25)23-13-3-1-4-14(10-13)24-19(26)17-5-2-8-27-17/h1-10,22H,11H2,(H,23,25)(H,24,26). The Morgan fingerprint density at radius 1 is 0.926 bits per heavy atom. The second kappa shape index (κ2) is 8.62. The molecule has 1 heterocycles. The Morgan fingerprint density at radius 2 is 1.70 bits per heavy atom. The van der Waals surface area contributed by atoms with E-state index in [-0.39, 0.29) is 24.1 Å². The summed E-state index contributed by atoms with van der Waals surface area (Å²) < 4.78 is 5.04. The SMILES string of the molecule is O=C(CNc1ccc(Cl)cc1Cl)Nc1cccc(NC(=O)c2ccco2)c1. The topological polar surface area (TPSA) is 83.4 Å². The van der Waals surface area contributed by atoms with Crippen LogP contribution in [-0.4, -0.2) is 18.4 Å². The van der Waals surface area contributed by atoms with Gasteiger partial charge in [0.05, 0.1) is 23.5 Å². The van der Waals surface area contributed by atoms with Crippen LogP contribution in [0.2, 0.25) is 10.0 Å². The van der Waals surface area contributed by atoms with E-state index >= 15 is 0 Å². The average molecular weight is 404 g/mol.